The van der Waals surface area contributed by atoms with E-state index in [-0.39, 0.29) is 0 Å². The number of likely N-dealkylation sites (tertiary alicyclic amines) is 2. The smallest absolute Gasteiger partial charge is 0.138 e. The monoisotopic (exact) mass is 221 g/mol. The molecule has 1 aromatic rings. The Morgan fingerprint density at radius 1 is 1.31 bits per heavy atom. The third-order valence-electron chi connectivity index (χ3n) is 4.05. The normalized spacial score (nSPS) is 30.4. The molecule has 2 atom stereocenters. The van der Waals surface area contributed by atoms with Gasteiger partial charge in [-0.25, -0.2) is 0 Å². The molecule has 4 heteroatoms. The van der Waals surface area contributed by atoms with Gasteiger partial charge in [-0.05, 0) is 27.3 Å². The minimum absolute atomic E-state index is 0.748. The minimum Gasteiger partial charge on any atom is -0.361 e. The zero-order chi connectivity index (χ0) is 11.3. The number of aromatic nitrogens is 1. The van der Waals surface area contributed by atoms with Gasteiger partial charge in [0.05, 0.1) is 5.69 Å². The lowest BCUT2D eigenvalue weighted by Crippen LogP contribution is -2.67. The summed E-state index contributed by atoms with van der Waals surface area (Å²) in [4.78, 5) is 5.04. The van der Waals surface area contributed by atoms with E-state index < -0.39 is 0 Å². The fourth-order valence-corrected chi connectivity index (χ4v) is 3.07. The van der Waals surface area contributed by atoms with Crippen LogP contribution in [-0.2, 0) is 6.54 Å². The van der Waals surface area contributed by atoms with E-state index in [1.54, 1.807) is 0 Å². The number of piperidine rings is 1. The van der Waals surface area contributed by atoms with E-state index in [9.17, 15) is 0 Å². The molecule has 3 heterocycles. The van der Waals surface area contributed by atoms with E-state index in [0.717, 1.165) is 30.1 Å². The van der Waals surface area contributed by atoms with Gasteiger partial charge in [0.25, 0.3) is 0 Å². The zero-order valence-corrected chi connectivity index (χ0v) is 10.2. The van der Waals surface area contributed by atoms with Gasteiger partial charge < -0.3 is 9.42 Å². The molecule has 0 spiro atoms. The molecule has 0 N–H and O–H groups in total. The van der Waals surface area contributed by atoms with Crippen molar-refractivity contribution in [3.05, 3.63) is 17.0 Å². The van der Waals surface area contributed by atoms with Gasteiger partial charge in [-0.1, -0.05) is 5.16 Å². The van der Waals surface area contributed by atoms with Gasteiger partial charge in [-0.3, -0.25) is 4.90 Å². The van der Waals surface area contributed by atoms with Crippen molar-refractivity contribution in [3.8, 4) is 0 Å². The Morgan fingerprint density at radius 3 is 2.56 bits per heavy atom. The summed E-state index contributed by atoms with van der Waals surface area (Å²) in [5.74, 6) is 0.982. The van der Waals surface area contributed by atoms with Gasteiger partial charge in [0.1, 0.15) is 5.76 Å². The number of hydrogen-bond donors (Lipinski definition) is 0. The number of hydrogen-bond acceptors (Lipinski definition) is 4. The molecule has 4 nitrogen and oxygen atoms in total. The van der Waals surface area contributed by atoms with Gasteiger partial charge in [0, 0.05) is 37.3 Å². The van der Waals surface area contributed by atoms with Crippen LogP contribution in [0, 0.1) is 13.8 Å². The zero-order valence-electron chi connectivity index (χ0n) is 10.2. The third kappa shape index (κ3) is 1.48. The number of rotatable bonds is 2. The number of aryl methyl sites for hydroxylation is 2. The molecule has 2 saturated heterocycles. The first-order valence-electron chi connectivity index (χ1n) is 6.01. The molecule has 0 aliphatic carbocycles. The highest BCUT2D eigenvalue weighted by Gasteiger charge is 2.43. The molecule has 2 bridgehead atoms. The van der Waals surface area contributed by atoms with Crippen molar-refractivity contribution in [2.75, 3.05) is 20.1 Å². The SMILES string of the molecule is Cc1noc(C)c1CN1C2CC1CN(C)C2. The van der Waals surface area contributed by atoms with Crippen LogP contribution in [0.1, 0.15) is 23.4 Å². The summed E-state index contributed by atoms with van der Waals surface area (Å²) in [5.41, 5.74) is 2.34. The van der Waals surface area contributed by atoms with Crippen molar-refractivity contribution in [2.45, 2.75) is 38.9 Å². The summed E-state index contributed by atoms with van der Waals surface area (Å²) >= 11 is 0. The second-order valence-corrected chi connectivity index (χ2v) is 5.24. The van der Waals surface area contributed by atoms with Gasteiger partial charge in [-0.15, -0.1) is 0 Å². The highest BCUT2D eigenvalue weighted by molar-refractivity contribution is 5.22. The lowest BCUT2D eigenvalue weighted by molar-refractivity contribution is -0.0671. The van der Waals surface area contributed by atoms with Crippen molar-refractivity contribution < 1.29 is 4.52 Å². The summed E-state index contributed by atoms with van der Waals surface area (Å²) in [6.45, 7) is 7.48. The Balaban J connectivity index is 1.73. The van der Waals surface area contributed by atoms with Gasteiger partial charge in [0.2, 0.25) is 0 Å². The van der Waals surface area contributed by atoms with Crippen molar-refractivity contribution in [3.63, 3.8) is 0 Å². The maximum absolute atomic E-state index is 5.22. The largest absolute Gasteiger partial charge is 0.361 e. The first kappa shape index (κ1) is 10.3. The van der Waals surface area contributed by atoms with E-state index >= 15 is 0 Å². The van der Waals surface area contributed by atoms with Crippen LogP contribution in [0.4, 0.5) is 0 Å². The van der Waals surface area contributed by atoms with Crippen LogP contribution in [0.25, 0.3) is 0 Å². The molecule has 0 aromatic carbocycles. The number of nitrogens with zero attached hydrogens (tertiary/aromatic N) is 3. The number of piperazine rings is 1. The molecule has 88 valence electrons. The molecule has 1 aromatic heterocycles. The Kier molecular flexibility index (Phi) is 2.30. The van der Waals surface area contributed by atoms with E-state index in [1.165, 1.54) is 25.1 Å². The summed E-state index contributed by atoms with van der Waals surface area (Å²) in [6, 6.07) is 1.50. The second-order valence-electron chi connectivity index (χ2n) is 5.24. The van der Waals surface area contributed by atoms with Crippen LogP contribution in [0.15, 0.2) is 4.52 Å². The van der Waals surface area contributed by atoms with Crippen molar-refractivity contribution >= 4 is 0 Å². The lowest BCUT2D eigenvalue weighted by atomic mass is 9.87. The van der Waals surface area contributed by atoms with Gasteiger partial charge >= 0.3 is 0 Å². The standard InChI is InChI=1S/C12H19N3O/c1-8-12(9(2)16-13-8)7-15-10-4-11(15)6-14(3)5-10/h10-11H,4-7H2,1-3H3. The quantitative estimate of drug-likeness (QED) is 0.750. The first-order chi connectivity index (χ1) is 7.65. The summed E-state index contributed by atoms with van der Waals surface area (Å²) in [5, 5.41) is 4.02. The fourth-order valence-electron chi connectivity index (χ4n) is 3.07. The van der Waals surface area contributed by atoms with Crippen LogP contribution in [0.2, 0.25) is 0 Å². The lowest BCUT2D eigenvalue weighted by Gasteiger charge is -2.55. The van der Waals surface area contributed by atoms with Gasteiger partial charge in [0.15, 0.2) is 0 Å². The third-order valence-corrected chi connectivity index (χ3v) is 4.05. The predicted molar refractivity (Wildman–Crippen MR) is 61.2 cm³/mol. The second kappa shape index (κ2) is 3.57. The van der Waals surface area contributed by atoms with Crippen LogP contribution >= 0.6 is 0 Å². The molecule has 16 heavy (non-hydrogen) atoms. The van der Waals surface area contributed by atoms with Crippen molar-refractivity contribution in [1.29, 1.82) is 0 Å². The van der Waals surface area contributed by atoms with Crippen molar-refractivity contribution in [1.82, 2.24) is 15.0 Å². The molecule has 0 amide bonds. The van der Waals surface area contributed by atoms with Crippen molar-refractivity contribution in [2.24, 2.45) is 0 Å². The molecule has 2 unspecified atom stereocenters. The molecular weight excluding hydrogens is 202 g/mol. The van der Waals surface area contributed by atoms with E-state index in [4.69, 9.17) is 4.52 Å². The van der Waals surface area contributed by atoms with E-state index in [1.807, 2.05) is 13.8 Å². The highest BCUT2D eigenvalue weighted by Crippen LogP contribution is 2.33. The topological polar surface area (TPSA) is 32.5 Å². The Morgan fingerprint density at radius 2 is 2.00 bits per heavy atom. The predicted octanol–water partition coefficient (Wildman–Crippen LogP) is 1.18. The summed E-state index contributed by atoms with van der Waals surface area (Å²) in [6.07, 6.45) is 1.37. The number of fused-ring (bicyclic) bond motifs is 2. The summed E-state index contributed by atoms with van der Waals surface area (Å²) < 4.78 is 5.22. The maximum Gasteiger partial charge on any atom is 0.138 e. The average molecular weight is 221 g/mol. The average Bonchev–Trinajstić information content (AvgIpc) is 2.55. The number of likely N-dealkylation sites (N-methyl/N-ethyl adjacent to an activating group) is 1. The summed E-state index contributed by atoms with van der Waals surface area (Å²) in [7, 11) is 2.21. The molecular formula is C12H19N3O. The van der Waals surface area contributed by atoms with Gasteiger partial charge in [-0.2, -0.15) is 0 Å². The van der Waals surface area contributed by atoms with Crippen LogP contribution in [0.3, 0.4) is 0 Å². The minimum atomic E-state index is 0.748. The molecule has 2 aliphatic heterocycles. The molecule has 2 aliphatic rings. The fraction of sp³-hybridized carbons (Fsp3) is 0.750. The highest BCUT2D eigenvalue weighted by atomic mass is 16.5. The van der Waals surface area contributed by atoms with Crippen LogP contribution < -0.4 is 0 Å². The molecule has 2 fully saturated rings. The molecule has 0 saturated carbocycles. The van der Waals surface area contributed by atoms with E-state index in [0.29, 0.717) is 0 Å². The Hall–Kier alpha value is -0.870. The van der Waals surface area contributed by atoms with Crippen LogP contribution in [-0.4, -0.2) is 47.2 Å². The first-order valence-corrected chi connectivity index (χ1v) is 6.01. The Bertz CT molecular complexity index is 369. The van der Waals surface area contributed by atoms with E-state index in [2.05, 4.69) is 22.0 Å². The molecule has 0 radical (unpaired) electrons. The molecule has 3 rings (SSSR count). The van der Waals surface area contributed by atoms with Crippen LogP contribution in [0.5, 0.6) is 0 Å². The maximum atomic E-state index is 5.22. The Labute approximate surface area is 96.2 Å².